The molecule has 6 nitrogen and oxygen atoms in total. The predicted octanol–water partition coefficient (Wildman–Crippen LogP) is 3.35. The summed E-state index contributed by atoms with van der Waals surface area (Å²) < 4.78 is 18.5. The minimum atomic E-state index is -1.05. The van der Waals surface area contributed by atoms with Gasteiger partial charge in [-0.3, -0.25) is 9.59 Å². The number of carbonyl (C=O) groups is 3. The number of carbonyl (C=O) groups excluding carboxylic acids is 3. The molecule has 0 aliphatic rings. The lowest BCUT2D eigenvalue weighted by molar-refractivity contribution is -0.136. The first-order valence-electron chi connectivity index (χ1n) is 8.42. The molecule has 148 valence electrons. The number of likely N-dealkylation sites (N-methyl/N-ethyl adjacent to an activating group) is 1. The number of nitrogens with zero attached hydrogens (tertiary/aromatic N) is 1. The summed E-state index contributed by atoms with van der Waals surface area (Å²) in [5.74, 6) is -2.90. The normalized spacial score (nSPS) is 10.3. The van der Waals surface area contributed by atoms with Crippen molar-refractivity contribution in [2.45, 2.75) is 13.8 Å². The van der Waals surface area contributed by atoms with Gasteiger partial charge in [-0.2, -0.15) is 0 Å². The van der Waals surface area contributed by atoms with Crippen LogP contribution in [0.1, 0.15) is 21.5 Å². The van der Waals surface area contributed by atoms with Crippen molar-refractivity contribution >= 4 is 35.1 Å². The van der Waals surface area contributed by atoms with Crippen LogP contribution in [-0.4, -0.2) is 42.9 Å². The number of nitrogens with one attached hydrogen (secondary N) is 1. The van der Waals surface area contributed by atoms with Gasteiger partial charge in [-0.15, -0.1) is 0 Å². The molecule has 2 aromatic rings. The number of benzene rings is 2. The Labute approximate surface area is 167 Å². The fourth-order valence-corrected chi connectivity index (χ4v) is 2.74. The molecule has 2 aromatic carbocycles. The molecule has 0 radical (unpaired) electrons. The standard InChI is InChI=1S/C20H20ClFN2O4/c1-12-6-4-7-13(2)19(12)23-16(25)10-24(3)17(26)11-28-20(27)18-14(21)8-5-9-15(18)22/h4-9H,10-11H2,1-3H3,(H,23,25). The SMILES string of the molecule is Cc1cccc(C)c1NC(=O)CN(C)C(=O)COC(=O)c1c(F)cccc1Cl. The molecule has 0 aliphatic heterocycles. The van der Waals surface area contributed by atoms with Crippen molar-refractivity contribution in [3.63, 3.8) is 0 Å². The van der Waals surface area contributed by atoms with Crippen LogP contribution in [-0.2, 0) is 14.3 Å². The second-order valence-corrected chi connectivity index (χ2v) is 6.64. The van der Waals surface area contributed by atoms with Crippen molar-refractivity contribution in [2.24, 2.45) is 0 Å². The first-order chi connectivity index (χ1) is 13.2. The third-order valence-corrected chi connectivity index (χ3v) is 4.36. The first kappa shape index (κ1) is 21.4. The average molecular weight is 407 g/mol. The van der Waals surface area contributed by atoms with Crippen LogP contribution in [0, 0.1) is 19.7 Å². The molecular weight excluding hydrogens is 387 g/mol. The second kappa shape index (κ2) is 9.32. The molecule has 0 atom stereocenters. The molecular formula is C20H20ClFN2O4. The summed E-state index contributed by atoms with van der Waals surface area (Å²) in [7, 11) is 1.40. The number of ether oxygens (including phenoxy) is 1. The second-order valence-electron chi connectivity index (χ2n) is 6.24. The van der Waals surface area contributed by atoms with Crippen LogP contribution in [0.3, 0.4) is 0 Å². The number of esters is 1. The van der Waals surface area contributed by atoms with Gasteiger partial charge in [0.1, 0.15) is 11.4 Å². The van der Waals surface area contributed by atoms with E-state index in [9.17, 15) is 18.8 Å². The largest absolute Gasteiger partial charge is 0.452 e. The van der Waals surface area contributed by atoms with Crippen LogP contribution >= 0.6 is 11.6 Å². The topological polar surface area (TPSA) is 75.7 Å². The molecule has 0 unspecified atom stereocenters. The fraction of sp³-hybridized carbons (Fsp3) is 0.250. The van der Waals surface area contributed by atoms with Gasteiger partial charge in [0.2, 0.25) is 5.91 Å². The van der Waals surface area contributed by atoms with Crippen LogP contribution in [0.2, 0.25) is 5.02 Å². The van der Waals surface area contributed by atoms with Gasteiger partial charge in [-0.1, -0.05) is 35.9 Å². The summed E-state index contributed by atoms with van der Waals surface area (Å²) in [5.41, 5.74) is 2.05. The third kappa shape index (κ3) is 5.29. The van der Waals surface area contributed by atoms with E-state index in [2.05, 4.69) is 5.32 Å². The number of amides is 2. The van der Waals surface area contributed by atoms with Crippen LogP contribution in [0.5, 0.6) is 0 Å². The molecule has 8 heteroatoms. The van der Waals surface area contributed by atoms with Gasteiger partial charge in [0.25, 0.3) is 5.91 Å². The van der Waals surface area contributed by atoms with E-state index >= 15 is 0 Å². The zero-order valence-electron chi connectivity index (χ0n) is 15.7. The van der Waals surface area contributed by atoms with E-state index in [4.69, 9.17) is 16.3 Å². The van der Waals surface area contributed by atoms with Crippen molar-refractivity contribution in [2.75, 3.05) is 25.5 Å². The maximum absolute atomic E-state index is 13.7. The molecule has 0 saturated carbocycles. The summed E-state index contributed by atoms with van der Waals surface area (Å²) in [5, 5.41) is 2.65. The minimum absolute atomic E-state index is 0.112. The zero-order valence-corrected chi connectivity index (χ0v) is 16.5. The Morgan fingerprint density at radius 3 is 2.32 bits per heavy atom. The third-order valence-electron chi connectivity index (χ3n) is 4.05. The van der Waals surface area contributed by atoms with E-state index in [0.29, 0.717) is 5.69 Å². The molecule has 0 saturated heterocycles. The molecule has 1 N–H and O–H groups in total. The summed E-state index contributed by atoms with van der Waals surface area (Å²) in [6.07, 6.45) is 0. The van der Waals surface area contributed by atoms with Crippen molar-refractivity contribution in [1.82, 2.24) is 4.90 Å². The Balaban J connectivity index is 1.90. The Morgan fingerprint density at radius 1 is 1.11 bits per heavy atom. The molecule has 0 spiro atoms. The van der Waals surface area contributed by atoms with Gasteiger partial charge < -0.3 is 15.0 Å². The molecule has 28 heavy (non-hydrogen) atoms. The Kier molecular flexibility index (Phi) is 7.12. The maximum atomic E-state index is 13.7. The average Bonchev–Trinajstić information content (AvgIpc) is 2.62. The van der Waals surface area contributed by atoms with Crippen molar-refractivity contribution in [3.8, 4) is 0 Å². The maximum Gasteiger partial charge on any atom is 0.343 e. The number of hydrogen-bond donors (Lipinski definition) is 1. The van der Waals surface area contributed by atoms with E-state index in [1.165, 1.54) is 19.2 Å². The van der Waals surface area contributed by atoms with Gasteiger partial charge in [-0.05, 0) is 37.1 Å². The number of halogens is 2. The highest BCUT2D eigenvalue weighted by atomic mass is 35.5. The molecule has 0 fully saturated rings. The number of rotatable bonds is 6. The lowest BCUT2D eigenvalue weighted by atomic mass is 10.1. The number of anilines is 1. The smallest absolute Gasteiger partial charge is 0.343 e. The fourth-order valence-electron chi connectivity index (χ4n) is 2.50. The van der Waals surface area contributed by atoms with E-state index in [1.807, 2.05) is 32.0 Å². The van der Waals surface area contributed by atoms with Gasteiger partial charge in [-0.25, -0.2) is 9.18 Å². The molecule has 2 amide bonds. The van der Waals surface area contributed by atoms with Gasteiger partial charge in [0.15, 0.2) is 6.61 Å². The molecule has 2 rings (SSSR count). The Bertz CT molecular complexity index is 877. The number of hydrogen-bond acceptors (Lipinski definition) is 4. The van der Waals surface area contributed by atoms with E-state index in [1.54, 1.807) is 0 Å². The minimum Gasteiger partial charge on any atom is -0.452 e. The summed E-state index contributed by atoms with van der Waals surface area (Å²) in [6.45, 7) is 2.86. The Hall–Kier alpha value is -2.93. The number of aryl methyl sites for hydroxylation is 2. The molecule has 0 aliphatic carbocycles. The van der Waals surface area contributed by atoms with Crippen LogP contribution < -0.4 is 5.32 Å². The summed E-state index contributed by atoms with van der Waals surface area (Å²) in [6, 6.07) is 9.37. The van der Waals surface area contributed by atoms with Crippen molar-refractivity contribution in [3.05, 3.63) is 63.9 Å². The highest BCUT2D eigenvalue weighted by Gasteiger charge is 2.20. The predicted molar refractivity (Wildman–Crippen MR) is 104 cm³/mol. The number of para-hydroxylation sites is 1. The summed E-state index contributed by atoms with van der Waals surface area (Å²) >= 11 is 5.78. The van der Waals surface area contributed by atoms with Crippen LogP contribution in [0.4, 0.5) is 10.1 Å². The van der Waals surface area contributed by atoms with Crippen LogP contribution in [0.15, 0.2) is 36.4 Å². The zero-order chi connectivity index (χ0) is 20.8. The lowest BCUT2D eigenvalue weighted by Gasteiger charge is -2.18. The highest BCUT2D eigenvalue weighted by molar-refractivity contribution is 6.33. The van der Waals surface area contributed by atoms with E-state index < -0.39 is 35.8 Å². The molecule has 0 heterocycles. The first-order valence-corrected chi connectivity index (χ1v) is 8.79. The molecule has 0 aromatic heterocycles. The van der Waals surface area contributed by atoms with Crippen molar-refractivity contribution < 1.29 is 23.5 Å². The van der Waals surface area contributed by atoms with E-state index in [-0.39, 0.29) is 11.6 Å². The van der Waals surface area contributed by atoms with E-state index in [0.717, 1.165) is 22.1 Å². The van der Waals surface area contributed by atoms with Gasteiger partial charge in [0.05, 0.1) is 11.6 Å². The monoisotopic (exact) mass is 406 g/mol. The Morgan fingerprint density at radius 2 is 1.71 bits per heavy atom. The lowest BCUT2D eigenvalue weighted by Crippen LogP contribution is -2.37. The van der Waals surface area contributed by atoms with Gasteiger partial charge in [0, 0.05) is 12.7 Å². The van der Waals surface area contributed by atoms with Gasteiger partial charge >= 0.3 is 5.97 Å². The van der Waals surface area contributed by atoms with Crippen molar-refractivity contribution in [1.29, 1.82) is 0 Å². The molecule has 0 bridgehead atoms. The highest BCUT2D eigenvalue weighted by Crippen LogP contribution is 2.20. The van der Waals surface area contributed by atoms with Crippen LogP contribution in [0.25, 0.3) is 0 Å². The summed E-state index contributed by atoms with van der Waals surface area (Å²) in [4.78, 5) is 37.4. The quantitative estimate of drug-likeness (QED) is 0.746.